The highest BCUT2D eigenvalue weighted by atomic mass is 16.1. The number of hydrogen-bond donors (Lipinski definition) is 1. The van der Waals surface area contributed by atoms with Gasteiger partial charge in [-0.1, -0.05) is 12.1 Å². The molecule has 0 spiro atoms. The van der Waals surface area contributed by atoms with Gasteiger partial charge in [0.2, 0.25) is 0 Å². The molecule has 0 amide bonds. The van der Waals surface area contributed by atoms with Crippen LogP contribution >= 0.6 is 0 Å². The fraction of sp³-hybridized carbons (Fsp3) is 0.167. The third-order valence-electron chi connectivity index (χ3n) is 2.51. The van der Waals surface area contributed by atoms with Crippen LogP contribution in [0.15, 0.2) is 30.6 Å². The molecule has 4 nitrogen and oxygen atoms in total. The van der Waals surface area contributed by atoms with Gasteiger partial charge in [-0.3, -0.25) is 9.48 Å². The van der Waals surface area contributed by atoms with Crippen LogP contribution in [-0.4, -0.2) is 15.6 Å². The summed E-state index contributed by atoms with van der Waals surface area (Å²) in [7, 11) is 1.78. The number of benzene rings is 1. The van der Waals surface area contributed by atoms with E-state index in [4.69, 9.17) is 5.73 Å². The summed E-state index contributed by atoms with van der Waals surface area (Å²) in [5, 5.41) is 3.97. The van der Waals surface area contributed by atoms with Gasteiger partial charge in [-0.15, -0.1) is 0 Å². The van der Waals surface area contributed by atoms with Crippen LogP contribution in [0, 0.1) is 6.92 Å². The first kappa shape index (κ1) is 10.4. The molecule has 0 aliphatic heterocycles. The van der Waals surface area contributed by atoms with Gasteiger partial charge in [-0.2, -0.15) is 5.10 Å². The Hall–Kier alpha value is -2.10. The fourth-order valence-corrected chi connectivity index (χ4v) is 1.49. The van der Waals surface area contributed by atoms with Gasteiger partial charge in [0.05, 0.1) is 11.8 Å². The summed E-state index contributed by atoms with van der Waals surface area (Å²) in [5.74, 6) is -0.0557. The Morgan fingerprint density at radius 2 is 2.12 bits per heavy atom. The summed E-state index contributed by atoms with van der Waals surface area (Å²) in [6.07, 6.45) is 3.25. The van der Waals surface area contributed by atoms with Gasteiger partial charge in [-0.05, 0) is 18.6 Å². The Balaban J connectivity index is 2.38. The van der Waals surface area contributed by atoms with E-state index >= 15 is 0 Å². The molecule has 0 saturated carbocycles. The van der Waals surface area contributed by atoms with Crippen LogP contribution in [0.1, 0.15) is 21.5 Å². The fourth-order valence-electron chi connectivity index (χ4n) is 1.49. The molecule has 2 rings (SSSR count). The van der Waals surface area contributed by atoms with E-state index in [-0.39, 0.29) is 5.78 Å². The summed E-state index contributed by atoms with van der Waals surface area (Å²) >= 11 is 0. The van der Waals surface area contributed by atoms with Crippen LogP contribution in [0.5, 0.6) is 0 Å². The molecule has 2 aromatic rings. The van der Waals surface area contributed by atoms with Crippen molar-refractivity contribution in [1.29, 1.82) is 0 Å². The number of nitrogen functional groups attached to an aromatic ring is 1. The monoisotopic (exact) mass is 215 g/mol. The topological polar surface area (TPSA) is 60.9 Å². The molecular formula is C12H13N3O. The molecule has 0 radical (unpaired) electrons. The molecule has 82 valence electrons. The van der Waals surface area contributed by atoms with Crippen molar-refractivity contribution >= 4 is 11.5 Å². The van der Waals surface area contributed by atoms with Crippen molar-refractivity contribution < 1.29 is 4.79 Å². The normalized spacial score (nSPS) is 10.4. The first-order valence-electron chi connectivity index (χ1n) is 4.97. The Labute approximate surface area is 93.7 Å². The molecule has 1 heterocycles. The Morgan fingerprint density at radius 1 is 1.38 bits per heavy atom. The average Bonchev–Trinajstić information content (AvgIpc) is 2.68. The number of aromatic nitrogens is 2. The largest absolute Gasteiger partial charge is 0.398 e. The molecule has 0 saturated heterocycles. The van der Waals surface area contributed by atoms with Crippen LogP contribution in [0.4, 0.5) is 5.69 Å². The number of nitrogens with zero attached hydrogens (tertiary/aromatic N) is 2. The molecule has 0 aliphatic carbocycles. The minimum atomic E-state index is -0.0557. The Morgan fingerprint density at radius 3 is 2.69 bits per heavy atom. The third-order valence-corrected chi connectivity index (χ3v) is 2.51. The Kier molecular flexibility index (Phi) is 2.48. The van der Waals surface area contributed by atoms with Crippen molar-refractivity contribution in [1.82, 2.24) is 9.78 Å². The Bertz CT molecular complexity index is 543. The molecule has 1 aromatic carbocycles. The predicted octanol–water partition coefficient (Wildman–Crippen LogP) is 1.54. The molecule has 4 heteroatoms. The third kappa shape index (κ3) is 1.82. The minimum Gasteiger partial charge on any atom is -0.398 e. The van der Waals surface area contributed by atoms with Crippen LogP contribution in [0.3, 0.4) is 0 Å². The molecule has 1 aromatic heterocycles. The summed E-state index contributed by atoms with van der Waals surface area (Å²) < 4.78 is 1.60. The van der Waals surface area contributed by atoms with Crippen LogP contribution < -0.4 is 5.73 Å². The van der Waals surface area contributed by atoms with Gasteiger partial charge >= 0.3 is 0 Å². The van der Waals surface area contributed by atoms with E-state index in [9.17, 15) is 4.79 Å². The predicted molar refractivity (Wildman–Crippen MR) is 62.2 cm³/mol. The molecule has 2 N–H and O–H groups in total. The van der Waals surface area contributed by atoms with E-state index < -0.39 is 0 Å². The number of nitrogens with two attached hydrogens (primary N) is 1. The van der Waals surface area contributed by atoms with Crippen molar-refractivity contribution in [3.8, 4) is 0 Å². The van der Waals surface area contributed by atoms with E-state index in [1.807, 2.05) is 13.0 Å². The molecule has 0 bridgehead atoms. The number of hydrogen-bond acceptors (Lipinski definition) is 3. The second-order valence-corrected chi connectivity index (χ2v) is 3.80. The molecular weight excluding hydrogens is 202 g/mol. The van der Waals surface area contributed by atoms with E-state index in [2.05, 4.69) is 5.10 Å². The second-order valence-electron chi connectivity index (χ2n) is 3.80. The van der Waals surface area contributed by atoms with Crippen molar-refractivity contribution in [2.24, 2.45) is 7.05 Å². The van der Waals surface area contributed by atoms with Crippen molar-refractivity contribution in [3.05, 3.63) is 47.3 Å². The maximum atomic E-state index is 12.0. The van der Waals surface area contributed by atoms with E-state index in [0.29, 0.717) is 16.8 Å². The average molecular weight is 215 g/mol. The first-order chi connectivity index (χ1) is 7.58. The summed E-state index contributed by atoms with van der Waals surface area (Å²) in [5.41, 5.74) is 8.55. The number of anilines is 1. The van der Waals surface area contributed by atoms with E-state index in [1.165, 1.54) is 0 Å². The van der Waals surface area contributed by atoms with Gasteiger partial charge in [-0.25, -0.2) is 0 Å². The van der Waals surface area contributed by atoms with Gasteiger partial charge < -0.3 is 5.73 Å². The smallest absolute Gasteiger partial charge is 0.196 e. The highest BCUT2D eigenvalue weighted by molar-refractivity contribution is 6.09. The molecule has 0 fully saturated rings. The lowest BCUT2D eigenvalue weighted by molar-refractivity contribution is 0.103. The highest BCUT2D eigenvalue weighted by Crippen LogP contribution is 2.16. The zero-order valence-electron chi connectivity index (χ0n) is 9.27. The number of rotatable bonds is 2. The standard InChI is InChI=1S/C12H13N3O/c1-8-3-4-9(5-11(8)13)12(16)10-6-14-15(2)7-10/h3-7H,13H2,1-2H3. The van der Waals surface area contributed by atoms with Crippen molar-refractivity contribution in [2.45, 2.75) is 6.92 Å². The van der Waals surface area contributed by atoms with Crippen LogP contribution in [-0.2, 0) is 7.05 Å². The van der Waals surface area contributed by atoms with Gasteiger partial charge in [0, 0.05) is 24.5 Å². The molecule has 16 heavy (non-hydrogen) atoms. The lowest BCUT2D eigenvalue weighted by Gasteiger charge is -2.02. The van der Waals surface area contributed by atoms with Crippen LogP contribution in [0.25, 0.3) is 0 Å². The highest BCUT2D eigenvalue weighted by Gasteiger charge is 2.11. The van der Waals surface area contributed by atoms with Gasteiger partial charge in [0.25, 0.3) is 0 Å². The molecule has 0 aliphatic rings. The number of aryl methyl sites for hydroxylation is 2. The summed E-state index contributed by atoms with van der Waals surface area (Å²) in [4.78, 5) is 12.0. The maximum Gasteiger partial charge on any atom is 0.196 e. The van der Waals surface area contributed by atoms with Crippen molar-refractivity contribution in [2.75, 3.05) is 5.73 Å². The second kappa shape index (κ2) is 3.81. The lowest BCUT2D eigenvalue weighted by atomic mass is 10.0. The number of carbonyl (C=O) groups excluding carboxylic acids is 1. The van der Waals surface area contributed by atoms with Crippen molar-refractivity contribution in [3.63, 3.8) is 0 Å². The summed E-state index contributed by atoms with van der Waals surface area (Å²) in [6, 6.07) is 5.32. The zero-order valence-corrected chi connectivity index (χ0v) is 9.27. The number of ketones is 1. The minimum absolute atomic E-state index is 0.0557. The zero-order chi connectivity index (χ0) is 11.7. The van der Waals surface area contributed by atoms with Crippen LogP contribution in [0.2, 0.25) is 0 Å². The quantitative estimate of drug-likeness (QED) is 0.610. The van der Waals surface area contributed by atoms with E-state index in [1.54, 1.807) is 36.3 Å². The molecule has 0 unspecified atom stereocenters. The SMILES string of the molecule is Cc1ccc(C(=O)c2cnn(C)c2)cc1N. The number of carbonyl (C=O) groups is 1. The lowest BCUT2D eigenvalue weighted by Crippen LogP contribution is -2.02. The summed E-state index contributed by atoms with van der Waals surface area (Å²) in [6.45, 7) is 1.91. The molecule has 0 atom stereocenters. The van der Waals surface area contributed by atoms with Gasteiger partial charge in [0.1, 0.15) is 0 Å². The first-order valence-corrected chi connectivity index (χ1v) is 4.97. The van der Waals surface area contributed by atoms with E-state index in [0.717, 1.165) is 5.56 Å². The maximum absolute atomic E-state index is 12.0. The van der Waals surface area contributed by atoms with Gasteiger partial charge in [0.15, 0.2) is 5.78 Å².